The fourth-order valence-corrected chi connectivity index (χ4v) is 6.17. The quantitative estimate of drug-likeness (QED) is 0.775. The Balaban J connectivity index is 1.53. The van der Waals surface area contributed by atoms with Crippen LogP contribution in [0.15, 0.2) is 24.3 Å². The van der Waals surface area contributed by atoms with Gasteiger partial charge in [-0.2, -0.15) is 0 Å². The third kappa shape index (κ3) is 3.60. The summed E-state index contributed by atoms with van der Waals surface area (Å²) in [5, 5.41) is 0. The number of ether oxygens (including phenoxy) is 1. The number of nitrogens with zero attached hydrogens (tertiary/aromatic N) is 2. The lowest BCUT2D eigenvalue weighted by molar-refractivity contribution is 0.0318. The summed E-state index contributed by atoms with van der Waals surface area (Å²) in [4.78, 5) is 17.1. The molecule has 142 valence electrons. The van der Waals surface area contributed by atoms with Crippen molar-refractivity contribution in [1.82, 2.24) is 9.80 Å². The minimum atomic E-state index is -3.10. The molecule has 3 aliphatic rings. The molecule has 1 aliphatic carbocycles. The SMILES string of the molecule is CCOc1ccc(C(=O)N2CCN(CC3CC3)C3CS(=O)(=O)CC32)cc1. The molecule has 2 saturated heterocycles. The van der Waals surface area contributed by atoms with Crippen LogP contribution in [0.5, 0.6) is 5.75 Å². The number of fused-ring (bicyclic) bond motifs is 1. The molecule has 2 unspecified atom stereocenters. The van der Waals surface area contributed by atoms with E-state index in [4.69, 9.17) is 4.74 Å². The van der Waals surface area contributed by atoms with E-state index in [1.807, 2.05) is 6.92 Å². The van der Waals surface area contributed by atoms with Crippen LogP contribution in [0.1, 0.15) is 30.1 Å². The Bertz CT molecular complexity index is 773. The van der Waals surface area contributed by atoms with E-state index in [0.29, 0.717) is 24.6 Å². The van der Waals surface area contributed by atoms with Gasteiger partial charge in [-0.3, -0.25) is 9.69 Å². The van der Waals surface area contributed by atoms with Gasteiger partial charge in [0.05, 0.1) is 24.2 Å². The van der Waals surface area contributed by atoms with Crippen LogP contribution >= 0.6 is 0 Å². The van der Waals surface area contributed by atoms with E-state index in [-0.39, 0.29) is 29.5 Å². The monoisotopic (exact) mass is 378 g/mol. The molecule has 6 nitrogen and oxygen atoms in total. The van der Waals surface area contributed by atoms with Crippen LogP contribution in [0.4, 0.5) is 0 Å². The van der Waals surface area contributed by atoms with Gasteiger partial charge in [0.1, 0.15) is 5.75 Å². The number of hydrogen-bond acceptors (Lipinski definition) is 5. The fourth-order valence-electron chi connectivity index (χ4n) is 4.16. The summed E-state index contributed by atoms with van der Waals surface area (Å²) in [5.41, 5.74) is 0.590. The van der Waals surface area contributed by atoms with E-state index in [9.17, 15) is 13.2 Å². The van der Waals surface area contributed by atoms with Crippen LogP contribution in [-0.4, -0.2) is 74.0 Å². The minimum Gasteiger partial charge on any atom is -0.494 e. The average Bonchev–Trinajstić information content (AvgIpc) is 3.36. The van der Waals surface area contributed by atoms with Gasteiger partial charge in [-0.15, -0.1) is 0 Å². The third-order valence-corrected chi connectivity index (χ3v) is 7.35. The molecule has 1 amide bonds. The minimum absolute atomic E-state index is 0.0546. The zero-order valence-corrected chi connectivity index (χ0v) is 16.0. The number of piperazine rings is 1. The summed E-state index contributed by atoms with van der Waals surface area (Å²) >= 11 is 0. The van der Waals surface area contributed by atoms with Crippen molar-refractivity contribution >= 4 is 15.7 Å². The van der Waals surface area contributed by atoms with Crippen molar-refractivity contribution in [2.45, 2.75) is 31.8 Å². The van der Waals surface area contributed by atoms with Crippen molar-refractivity contribution < 1.29 is 17.9 Å². The largest absolute Gasteiger partial charge is 0.494 e. The molecule has 26 heavy (non-hydrogen) atoms. The third-order valence-electron chi connectivity index (χ3n) is 5.65. The maximum absolute atomic E-state index is 13.0. The highest BCUT2D eigenvalue weighted by molar-refractivity contribution is 7.91. The number of rotatable bonds is 5. The lowest BCUT2D eigenvalue weighted by Gasteiger charge is -2.44. The van der Waals surface area contributed by atoms with E-state index in [2.05, 4.69) is 4.90 Å². The predicted molar refractivity (Wildman–Crippen MR) is 99.2 cm³/mol. The highest BCUT2D eigenvalue weighted by atomic mass is 32.2. The fraction of sp³-hybridized carbons (Fsp3) is 0.632. The Hall–Kier alpha value is -1.60. The number of carbonyl (C=O) groups excluding carboxylic acids is 1. The number of hydrogen-bond donors (Lipinski definition) is 0. The van der Waals surface area contributed by atoms with Gasteiger partial charge in [0.15, 0.2) is 9.84 Å². The van der Waals surface area contributed by atoms with Gasteiger partial charge in [0.25, 0.3) is 5.91 Å². The first-order chi connectivity index (χ1) is 12.5. The molecule has 0 N–H and O–H groups in total. The van der Waals surface area contributed by atoms with Crippen molar-refractivity contribution in [3.63, 3.8) is 0 Å². The Kier molecular flexibility index (Phi) is 4.69. The van der Waals surface area contributed by atoms with Gasteiger partial charge in [-0.05, 0) is 49.9 Å². The maximum atomic E-state index is 13.0. The van der Waals surface area contributed by atoms with Crippen molar-refractivity contribution in [2.75, 3.05) is 37.7 Å². The number of benzene rings is 1. The molecule has 2 aliphatic heterocycles. The Morgan fingerprint density at radius 1 is 1.12 bits per heavy atom. The van der Waals surface area contributed by atoms with E-state index in [1.54, 1.807) is 29.2 Å². The van der Waals surface area contributed by atoms with Gasteiger partial charge >= 0.3 is 0 Å². The average molecular weight is 378 g/mol. The van der Waals surface area contributed by atoms with Crippen molar-refractivity contribution in [2.24, 2.45) is 5.92 Å². The molecule has 1 aromatic carbocycles. The van der Waals surface area contributed by atoms with E-state index >= 15 is 0 Å². The molecule has 7 heteroatoms. The van der Waals surface area contributed by atoms with Gasteiger partial charge in [0.2, 0.25) is 0 Å². The smallest absolute Gasteiger partial charge is 0.254 e. The molecule has 1 saturated carbocycles. The van der Waals surface area contributed by atoms with Crippen molar-refractivity contribution in [3.05, 3.63) is 29.8 Å². The van der Waals surface area contributed by atoms with Crippen LogP contribution in [0.3, 0.4) is 0 Å². The zero-order chi connectivity index (χ0) is 18.3. The Morgan fingerprint density at radius 2 is 1.81 bits per heavy atom. The summed E-state index contributed by atoms with van der Waals surface area (Å²) in [5.74, 6) is 1.64. The molecular weight excluding hydrogens is 352 g/mol. The summed E-state index contributed by atoms with van der Waals surface area (Å²) in [6, 6.07) is 6.84. The Labute approximate surface area is 155 Å². The van der Waals surface area contributed by atoms with Crippen LogP contribution < -0.4 is 4.74 Å². The van der Waals surface area contributed by atoms with Crippen LogP contribution in [-0.2, 0) is 9.84 Å². The van der Waals surface area contributed by atoms with Gasteiger partial charge < -0.3 is 9.64 Å². The molecular formula is C19H26N2O4S. The molecule has 0 radical (unpaired) electrons. The normalized spacial score (nSPS) is 28.0. The second-order valence-corrected chi connectivity index (χ2v) is 9.76. The molecule has 0 spiro atoms. The molecule has 0 aromatic heterocycles. The molecule has 4 rings (SSSR count). The first-order valence-corrected chi connectivity index (χ1v) is 11.3. The lowest BCUT2D eigenvalue weighted by Crippen LogP contribution is -2.60. The predicted octanol–water partition coefficient (Wildman–Crippen LogP) is 1.42. The standard InChI is InChI=1S/C19H26N2O4S/c1-2-25-16-7-5-15(6-8-16)19(22)21-10-9-20(11-14-3-4-14)17-12-26(23,24)13-18(17)21/h5-8,14,17-18H,2-4,9-13H2,1H3. The highest BCUT2D eigenvalue weighted by Crippen LogP contribution is 2.34. The first-order valence-electron chi connectivity index (χ1n) is 9.45. The van der Waals surface area contributed by atoms with Gasteiger partial charge in [-0.25, -0.2) is 8.42 Å². The maximum Gasteiger partial charge on any atom is 0.254 e. The highest BCUT2D eigenvalue weighted by Gasteiger charge is 2.48. The summed E-state index contributed by atoms with van der Waals surface area (Å²) in [6.07, 6.45) is 2.49. The summed E-state index contributed by atoms with van der Waals surface area (Å²) in [7, 11) is -3.10. The van der Waals surface area contributed by atoms with E-state index < -0.39 is 9.84 Å². The van der Waals surface area contributed by atoms with Crippen LogP contribution in [0.2, 0.25) is 0 Å². The number of carbonyl (C=O) groups is 1. The van der Waals surface area contributed by atoms with Gasteiger partial charge in [-0.1, -0.05) is 0 Å². The molecule has 3 fully saturated rings. The van der Waals surface area contributed by atoms with Gasteiger partial charge in [0, 0.05) is 31.2 Å². The topological polar surface area (TPSA) is 66.9 Å². The van der Waals surface area contributed by atoms with E-state index in [0.717, 1.165) is 18.8 Å². The molecule has 0 bridgehead atoms. The molecule has 2 atom stereocenters. The molecule has 2 heterocycles. The second-order valence-electron chi connectivity index (χ2n) is 7.61. The molecule has 1 aromatic rings. The van der Waals surface area contributed by atoms with E-state index in [1.165, 1.54) is 12.8 Å². The first kappa shape index (κ1) is 17.8. The summed E-state index contributed by atoms with van der Waals surface area (Å²) < 4.78 is 30.0. The zero-order valence-electron chi connectivity index (χ0n) is 15.1. The van der Waals surface area contributed by atoms with Crippen molar-refractivity contribution in [1.29, 1.82) is 0 Å². The van der Waals surface area contributed by atoms with Crippen LogP contribution in [0.25, 0.3) is 0 Å². The lowest BCUT2D eigenvalue weighted by atomic mass is 10.0. The second kappa shape index (κ2) is 6.85. The summed E-state index contributed by atoms with van der Waals surface area (Å²) in [6.45, 7) is 4.83. The number of amides is 1. The number of sulfone groups is 1. The van der Waals surface area contributed by atoms with Crippen LogP contribution in [0, 0.1) is 5.92 Å². The Morgan fingerprint density at radius 3 is 2.46 bits per heavy atom. The van der Waals surface area contributed by atoms with Crippen molar-refractivity contribution in [3.8, 4) is 5.75 Å².